The number of aromatic nitrogens is 2. The molecule has 1 heterocycles. The zero-order valence-corrected chi connectivity index (χ0v) is 19.3. The van der Waals surface area contributed by atoms with Gasteiger partial charge in [-0.3, -0.25) is 0 Å². The van der Waals surface area contributed by atoms with Gasteiger partial charge in [-0.25, -0.2) is 18.1 Å². The van der Waals surface area contributed by atoms with Crippen molar-refractivity contribution in [1.29, 1.82) is 0 Å². The lowest BCUT2D eigenvalue weighted by Gasteiger charge is -2.17. The molecule has 168 valence electrons. The lowest BCUT2D eigenvalue weighted by atomic mass is 9.92. The molecule has 0 bridgehead atoms. The number of sulfonamides is 1. The summed E-state index contributed by atoms with van der Waals surface area (Å²) in [5, 5.41) is 6.38. The summed E-state index contributed by atoms with van der Waals surface area (Å²) in [7, 11) is -3.55. The molecule has 0 unspecified atom stereocenters. The molecule has 3 N–H and O–H groups in total. The highest BCUT2D eigenvalue weighted by molar-refractivity contribution is 7.89. The van der Waals surface area contributed by atoms with Crippen LogP contribution in [-0.2, 0) is 22.9 Å². The second-order valence-electron chi connectivity index (χ2n) is 8.17. The first-order chi connectivity index (χ1) is 15.4. The summed E-state index contributed by atoms with van der Waals surface area (Å²) in [6.45, 7) is 4.54. The van der Waals surface area contributed by atoms with E-state index < -0.39 is 10.0 Å². The van der Waals surface area contributed by atoms with Crippen LogP contribution in [0.4, 0.5) is 17.5 Å². The predicted molar refractivity (Wildman–Crippen MR) is 128 cm³/mol. The van der Waals surface area contributed by atoms with E-state index in [0.29, 0.717) is 23.2 Å². The quantitative estimate of drug-likeness (QED) is 0.446. The zero-order valence-electron chi connectivity index (χ0n) is 18.5. The summed E-state index contributed by atoms with van der Waals surface area (Å²) in [5.74, 6) is 1.13. The molecule has 2 aromatic carbocycles. The number of nitrogens with zero attached hydrogens (tertiary/aromatic N) is 2. The third kappa shape index (κ3) is 5.63. The predicted octanol–water partition coefficient (Wildman–Crippen LogP) is 4.11. The summed E-state index contributed by atoms with van der Waals surface area (Å²) in [6, 6.07) is 15.4. The second-order valence-corrected chi connectivity index (χ2v) is 9.94. The Kier molecular flexibility index (Phi) is 6.72. The van der Waals surface area contributed by atoms with Gasteiger partial charge in [-0.2, -0.15) is 4.98 Å². The Bertz CT molecular complexity index is 1190. The minimum absolute atomic E-state index is 0.234. The molecule has 1 aliphatic rings. The average molecular weight is 452 g/mol. The Morgan fingerprint density at radius 2 is 1.62 bits per heavy atom. The van der Waals surface area contributed by atoms with Crippen LogP contribution in [0.5, 0.6) is 0 Å². The van der Waals surface area contributed by atoms with Crippen LogP contribution in [0.3, 0.4) is 0 Å². The summed E-state index contributed by atoms with van der Waals surface area (Å²) in [6.07, 6.45) is 4.27. The Balaban J connectivity index is 1.34. The molecule has 0 fully saturated rings. The monoisotopic (exact) mass is 451 g/mol. The van der Waals surface area contributed by atoms with E-state index >= 15 is 0 Å². The van der Waals surface area contributed by atoms with Crippen molar-refractivity contribution in [3.05, 3.63) is 70.9 Å². The molecule has 0 amide bonds. The van der Waals surface area contributed by atoms with Crippen molar-refractivity contribution in [3.63, 3.8) is 0 Å². The number of aryl methyl sites for hydroxylation is 4. The van der Waals surface area contributed by atoms with Crippen molar-refractivity contribution in [2.45, 2.75) is 44.4 Å². The van der Waals surface area contributed by atoms with Gasteiger partial charge in [0.1, 0.15) is 5.82 Å². The van der Waals surface area contributed by atoms with Crippen molar-refractivity contribution in [2.75, 3.05) is 23.7 Å². The van der Waals surface area contributed by atoms with Crippen molar-refractivity contribution >= 4 is 27.5 Å². The molecule has 32 heavy (non-hydrogen) atoms. The van der Waals surface area contributed by atoms with Crippen LogP contribution in [-0.4, -0.2) is 31.5 Å². The van der Waals surface area contributed by atoms with Gasteiger partial charge < -0.3 is 10.6 Å². The SMILES string of the molecule is Cc1ccc(Nc2cc(C)nc(NCCNS(=O)(=O)c3ccc4c(c3)CCCC4)n2)cc1. The van der Waals surface area contributed by atoms with E-state index in [1.807, 2.05) is 56.3 Å². The molecular weight excluding hydrogens is 422 g/mol. The van der Waals surface area contributed by atoms with E-state index in [2.05, 4.69) is 25.3 Å². The Labute approximate surface area is 189 Å². The number of hydrogen-bond acceptors (Lipinski definition) is 6. The van der Waals surface area contributed by atoms with Crippen LogP contribution >= 0.6 is 0 Å². The van der Waals surface area contributed by atoms with Crippen molar-refractivity contribution < 1.29 is 8.42 Å². The van der Waals surface area contributed by atoms with Gasteiger partial charge in [0.15, 0.2) is 0 Å². The molecule has 0 radical (unpaired) electrons. The van der Waals surface area contributed by atoms with E-state index in [-0.39, 0.29) is 6.54 Å². The first-order valence-corrected chi connectivity index (χ1v) is 12.4. The molecule has 3 aromatic rings. The molecule has 0 saturated carbocycles. The third-order valence-corrected chi connectivity index (χ3v) is 6.97. The van der Waals surface area contributed by atoms with Gasteiger partial charge in [-0.15, -0.1) is 0 Å². The van der Waals surface area contributed by atoms with Crippen molar-refractivity contribution in [2.24, 2.45) is 0 Å². The first-order valence-electron chi connectivity index (χ1n) is 10.9. The molecule has 1 aliphatic carbocycles. The van der Waals surface area contributed by atoms with E-state index in [0.717, 1.165) is 36.2 Å². The maximum absolute atomic E-state index is 12.7. The molecule has 4 rings (SSSR count). The van der Waals surface area contributed by atoms with Crippen LogP contribution in [0.15, 0.2) is 53.4 Å². The average Bonchev–Trinajstić information content (AvgIpc) is 2.78. The molecule has 0 aliphatic heterocycles. The van der Waals surface area contributed by atoms with Crippen molar-refractivity contribution in [1.82, 2.24) is 14.7 Å². The van der Waals surface area contributed by atoms with Gasteiger partial charge in [-0.1, -0.05) is 23.8 Å². The molecule has 0 spiro atoms. The molecule has 0 atom stereocenters. The van der Waals surface area contributed by atoms with Crippen molar-refractivity contribution in [3.8, 4) is 0 Å². The Hall–Kier alpha value is -2.97. The minimum Gasteiger partial charge on any atom is -0.353 e. The molecular formula is C24H29N5O2S. The lowest BCUT2D eigenvalue weighted by Crippen LogP contribution is -2.29. The van der Waals surface area contributed by atoms with E-state index in [1.54, 1.807) is 6.07 Å². The van der Waals surface area contributed by atoms with E-state index in [4.69, 9.17) is 0 Å². The summed E-state index contributed by atoms with van der Waals surface area (Å²) in [5.41, 5.74) is 5.36. The Morgan fingerprint density at radius 3 is 2.41 bits per heavy atom. The van der Waals surface area contributed by atoms with Gasteiger partial charge in [0, 0.05) is 30.5 Å². The fraction of sp³-hybridized carbons (Fsp3) is 0.333. The number of benzene rings is 2. The highest BCUT2D eigenvalue weighted by Gasteiger charge is 2.17. The molecule has 7 nitrogen and oxygen atoms in total. The topological polar surface area (TPSA) is 96.0 Å². The maximum Gasteiger partial charge on any atom is 0.240 e. The number of anilines is 3. The molecule has 8 heteroatoms. The maximum atomic E-state index is 12.7. The zero-order chi connectivity index (χ0) is 22.6. The second kappa shape index (κ2) is 9.67. The minimum atomic E-state index is -3.55. The molecule has 0 saturated heterocycles. The molecule has 1 aromatic heterocycles. The fourth-order valence-corrected chi connectivity index (χ4v) is 4.90. The first kappa shape index (κ1) is 22.2. The van der Waals surface area contributed by atoms with Gasteiger partial charge >= 0.3 is 0 Å². The van der Waals surface area contributed by atoms with Gasteiger partial charge in [0.2, 0.25) is 16.0 Å². The largest absolute Gasteiger partial charge is 0.353 e. The summed E-state index contributed by atoms with van der Waals surface area (Å²) >= 11 is 0. The van der Waals surface area contributed by atoms with Crippen LogP contribution in [0.25, 0.3) is 0 Å². The van der Waals surface area contributed by atoms with Gasteiger partial charge in [0.25, 0.3) is 0 Å². The van der Waals surface area contributed by atoms with Crippen LogP contribution < -0.4 is 15.4 Å². The third-order valence-electron chi connectivity index (χ3n) is 5.51. The summed E-state index contributed by atoms with van der Waals surface area (Å²) < 4.78 is 28.0. The number of nitrogens with one attached hydrogen (secondary N) is 3. The Morgan fingerprint density at radius 1 is 0.875 bits per heavy atom. The number of hydrogen-bond donors (Lipinski definition) is 3. The standard InChI is InChI=1S/C24H29N5O2S/c1-17-7-10-21(11-8-17)28-23-15-18(2)27-24(29-23)25-13-14-26-32(30,31)22-12-9-19-5-3-4-6-20(19)16-22/h7-12,15-16,26H,3-6,13-14H2,1-2H3,(H2,25,27,28,29). The van der Waals surface area contributed by atoms with Gasteiger partial charge in [-0.05, 0) is 74.9 Å². The number of fused-ring (bicyclic) bond motifs is 1. The summed E-state index contributed by atoms with van der Waals surface area (Å²) in [4.78, 5) is 9.20. The number of rotatable bonds is 8. The normalized spacial score (nSPS) is 13.4. The van der Waals surface area contributed by atoms with E-state index in [1.165, 1.54) is 17.5 Å². The van der Waals surface area contributed by atoms with Gasteiger partial charge in [0.05, 0.1) is 4.90 Å². The highest BCUT2D eigenvalue weighted by atomic mass is 32.2. The highest BCUT2D eigenvalue weighted by Crippen LogP contribution is 2.24. The lowest BCUT2D eigenvalue weighted by molar-refractivity contribution is 0.582. The fourth-order valence-electron chi connectivity index (χ4n) is 3.82. The smallest absolute Gasteiger partial charge is 0.240 e. The van der Waals surface area contributed by atoms with Crippen LogP contribution in [0.1, 0.15) is 35.2 Å². The van der Waals surface area contributed by atoms with E-state index in [9.17, 15) is 8.42 Å². The van der Waals surface area contributed by atoms with Crippen LogP contribution in [0.2, 0.25) is 0 Å². The van der Waals surface area contributed by atoms with Crippen LogP contribution in [0, 0.1) is 13.8 Å².